The van der Waals surface area contributed by atoms with Gasteiger partial charge < -0.3 is 25.0 Å². The van der Waals surface area contributed by atoms with Gasteiger partial charge in [0.25, 0.3) is 5.91 Å². The van der Waals surface area contributed by atoms with Crippen LogP contribution < -0.4 is 10.6 Å². The van der Waals surface area contributed by atoms with Crippen LogP contribution in [0.25, 0.3) is 0 Å². The number of ether oxygens (including phenoxy) is 1. The number of alkyl carbamates (subject to hydrolysis) is 1. The number of nitrogens with zero attached hydrogens (tertiary/aromatic N) is 4. The van der Waals surface area contributed by atoms with Crippen molar-refractivity contribution < 1.29 is 33.5 Å². The number of rotatable bonds is 24. The molecular formula is C64H88N6O7. The minimum absolute atomic E-state index is 0. The Morgan fingerprint density at radius 3 is 1.53 bits per heavy atom. The standard InChI is InChI=1S/C27H39N3O3.C20H24N2O3.C16H21NO.CH4/c1-27(2,21-28)20-23(22-12-7-6-8-13-22)16-17-25(31)29-18-11-19-30-26(32)33-24-14-9-4-3-5-10-15-24;1-15-9-11-18(23)22(15)25-19(24)12-10-17(13-20(2,3)14-21)16-7-5-4-6-8-16;1-13(18)9-10-15(11-16(2,3)12-17)14-7-5-4-6-8-14;/h3-4,6-8,12-13,23-24H,5,9-11,14-20H2,1-2H3,(H,29,31)(H,30,32);4-8,17H,1,9-13H2,2-3H3;4-8,15H,9-11H2,1-3H3;1H4/b4-3+;;;. The molecule has 3 aromatic rings. The average molecular weight is 1050 g/mol. The van der Waals surface area contributed by atoms with Crippen molar-refractivity contribution in [2.75, 3.05) is 13.1 Å². The van der Waals surface area contributed by atoms with Crippen LogP contribution in [0.5, 0.6) is 0 Å². The second-order valence-corrected chi connectivity index (χ2v) is 22.1. The van der Waals surface area contributed by atoms with E-state index in [4.69, 9.17) is 14.8 Å². The lowest BCUT2D eigenvalue weighted by Crippen LogP contribution is -2.32. The lowest BCUT2D eigenvalue weighted by molar-refractivity contribution is -0.186. The topological polar surface area (TPSA) is 202 Å². The third-order valence-corrected chi connectivity index (χ3v) is 13.5. The van der Waals surface area contributed by atoms with Crippen LogP contribution in [0, 0.1) is 50.2 Å². The average Bonchev–Trinajstić information content (AvgIpc) is 3.71. The Kier molecular flexibility index (Phi) is 29.7. The summed E-state index contributed by atoms with van der Waals surface area (Å²) in [6, 6.07) is 37.2. The molecule has 0 spiro atoms. The van der Waals surface area contributed by atoms with Crippen molar-refractivity contribution in [3.8, 4) is 18.2 Å². The highest BCUT2D eigenvalue weighted by Crippen LogP contribution is 2.37. The molecule has 1 saturated heterocycles. The van der Waals surface area contributed by atoms with E-state index in [1.807, 2.05) is 108 Å². The second kappa shape index (κ2) is 34.6. The molecule has 0 aromatic heterocycles. The molecule has 416 valence electrons. The molecule has 4 unspecified atom stereocenters. The minimum Gasteiger partial charge on any atom is -0.446 e. The fourth-order valence-electron chi connectivity index (χ4n) is 9.22. The number of nitriles is 3. The zero-order valence-corrected chi connectivity index (χ0v) is 46.4. The monoisotopic (exact) mass is 1050 g/mol. The van der Waals surface area contributed by atoms with Gasteiger partial charge in [-0.2, -0.15) is 15.8 Å². The van der Waals surface area contributed by atoms with E-state index in [0.717, 1.165) is 61.1 Å². The third-order valence-electron chi connectivity index (χ3n) is 13.5. The van der Waals surface area contributed by atoms with Crippen LogP contribution in [0.4, 0.5) is 4.79 Å². The first-order valence-electron chi connectivity index (χ1n) is 27.1. The van der Waals surface area contributed by atoms with Gasteiger partial charge in [0, 0.05) is 38.8 Å². The van der Waals surface area contributed by atoms with Crippen molar-refractivity contribution in [3.63, 3.8) is 0 Å². The molecule has 0 saturated carbocycles. The Hall–Kier alpha value is -7.04. The molecule has 4 atom stereocenters. The van der Waals surface area contributed by atoms with Crippen molar-refractivity contribution in [2.45, 2.75) is 189 Å². The van der Waals surface area contributed by atoms with Crippen LogP contribution in [0.2, 0.25) is 0 Å². The Balaban J connectivity index is 0.000000410. The summed E-state index contributed by atoms with van der Waals surface area (Å²) in [5, 5.41) is 34.6. The van der Waals surface area contributed by atoms with E-state index in [-0.39, 0.29) is 66.8 Å². The largest absolute Gasteiger partial charge is 0.446 e. The SMILES string of the molecule is C.C=C1CCC(=O)N1OC(=O)CCC(CC(C)(C)C#N)c1ccccc1.CC(=O)CCC(CC(C)(C)C#N)c1ccccc1.CC(C)(C#N)CC(CCC(=O)NCCCNC(=O)OC1CC/C=C/CCC1)c1ccccc1. The second-order valence-electron chi connectivity index (χ2n) is 22.1. The first-order valence-corrected chi connectivity index (χ1v) is 27.1. The van der Waals surface area contributed by atoms with Gasteiger partial charge in [-0.1, -0.05) is 117 Å². The molecule has 5 rings (SSSR count). The van der Waals surface area contributed by atoms with Gasteiger partial charge in [0.15, 0.2) is 0 Å². The van der Waals surface area contributed by atoms with Crippen molar-refractivity contribution in [2.24, 2.45) is 16.2 Å². The predicted molar refractivity (Wildman–Crippen MR) is 304 cm³/mol. The van der Waals surface area contributed by atoms with Gasteiger partial charge in [-0.05, 0) is 166 Å². The number of amides is 3. The predicted octanol–water partition coefficient (Wildman–Crippen LogP) is 14.4. The molecule has 1 aliphatic heterocycles. The summed E-state index contributed by atoms with van der Waals surface area (Å²) in [5.41, 5.74) is 2.73. The van der Waals surface area contributed by atoms with Crippen molar-refractivity contribution in [1.29, 1.82) is 15.8 Å². The molecule has 0 bridgehead atoms. The number of hydrogen-bond donors (Lipinski definition) is 2. The summed E-state index contributed by atoms with van der Waals surface area (Å²) < 4.78 is 5.52. The fraction of sp³-hybridized carbons (Fsp3) is 0.531. The van der Waals surface area contributed by atoms with Crippen LogP contribution >= 0.6 is 0 Å². The molecule has 3 amide bonds. The van der Waals surface area contributed by atoms with E-state index in [9.17, 15) is 34.5 Å². The summed E-state index contributed by atoms with van der Waals surface area (Å²) in [6.45, 7) is 17.9. The van der Waals surface area contributed by atoms with E-state index in [1.165, 1.54) is 5.56 Å². The number of Topliss-reactive ketones (excluding diaryl/α,β-unsaturated/α-hetero) is 1. The maximum absolute atomic E-state index is 12.3. The van der Waals surface area contributed by atoms with Crippen LogP contribution in [-0.2, 0) is 28.8 Å². The van der Waals surface area contributed by atoms with Crippen molar-refractivity contribution in [1.82, 2.24) is 15.7 Å². The Labute approximate surface area is 461 Å². The van der Waals surface area contributed by atoms with Gasteiger partial charge in [0.05, 0.1) is 40.1 Å². The molecule has 1 aliphatic carbocycles. The molecule has 2 aliphatic rings. The number of benzene rings is 3. The Morgan fingerprint density at radius 1 is 0.649 bits per heavy atom. The number of allylic oxidation sites excluding steroid dienone is 3. The van der Waals surface area contributed by atoms with Crippen LogP contribution in [0.1, 0.15) is 199 Å². The molecule has 77 heavy (non-hydrogen) atoms. The van der Waals surface area contributed by atoms with Gasteiger partial charge >= 0.3 is 12.1 Å². The zero-order valence-electron chi connectivity index (χ0n) is 46.4. The van der Waals surface area contributed by atoms with E-state index in [0.29, 0.717) is 76.6 Å². The fourth-order valence-corrected chi connectivity index (χ4v) is 9.22. The quantitative estimate of drug-likeness (QED) is 0.0642. The third kappa shape index (κ3) is 27.0. The lowest BCUT2D eigenvalue weighted by atomic mass is 9.79. The summed E-state index contributed by atoms with van der Waals surface area (Å²) in [7, 11) is 0. The number of nitrogens with one attached hydrogen (secondary N) is 2. The molecule has 1 fully saturated rings. The number of carbonyl (C=O) groups excluding carboxylic acids is 5. The van der Waals surface area contributed by atoms with Gasteiger partial charge in [-0.15, -0.1) is 5.06 Å². The molecular weight excluding hydrogens is 965 g/mol. The molecule has 13 nitrogen and oxygen atoms in total. The smallest absolute Gasteiger partial charge is 0.407 e. The summed E-state index contributed by atoms with van der Waals surface area (Å²) in [5.74, 6) is 0.0367. The minimum atomic E-state index is -0.483. The first-order chi connectivity index (χ1) is 36.2. The van der Waals surface area contributed by atoms with E-state index >= 15 is 0 Å². The summed E-state index contributed by atoms with van der Waals surface area (Å²) in [4.78, 5) is 64.4. The van der Waals surface area contributed by atoms with E-state index in [1.54, 1.807) is 6.92 Å². The Bertz CT molecular complexity index is 2430. The van der Waals surface area contributed by atoms with Crippen LogP contribution in [-0.4, -0.2) is 53.9 Å². The van der Waals surface area contributed by atoms with Crippen molar-refractivity contribution in [3.05, 3.63) is 132 Å². The molecule has 1 heterocycles. The van der Waals surface area contributed by atoms with E-state index < -0.39 is 16.8 Å². The first kappa shape index (κ1) is 66.1. The summed E-state index contributed by atoms with van der Waals surface area (Å²) in [6.07, 6.45) is 15.7. The van der Waals surface area contributed by atoms with Gasteiger partial charge in [-0.25, -0.2) is 9.59 Å². The highest BCUT2D eigenvalue weighted by molar-refractivity contribution is 5.82. The highest BCUT2D eigenvalue weighted by atomic mass is 16.7. The van der Waals surface area contributed by atoms with Gasteiger partial charge in [-0.3, -0.25) is 9.59 Å². The number of hydrogen-bond acceptors (Lipinski definition) is 10. The highest BCUT2D eigenvalue weighted by Gasteiger charge is 2.30. The Morgan fingerprint density at radius 2 is 1.09 bits per heavy atom. The van der Waals surface area contributed by atoms with E-state index in [2.05, 4.69) is 71.8 Å². The van der Waals surface area contributed by atoms with Crippen LogP contribution in [0.3, 0.4) is 0 Å². The number of carbonyl (C=O) groups is 5. The van der Waals surface area contributed by atoms with Gasteiger partial charge in [0.1, 0.15) is 11.9 Å². The maximum atomic E-state index is 12.3. The normalized spacial score (nSPS) is 15.9. The lowest BCUT2D eigenvalue weighted by Gasteiger charge is -2.24. The molecule has 2 N–H and O–H groups in total. The molecule has 0 radical (unpaired) electrons. The maximum Gasteiger partial charge on any atom is 0.407 e. The zero-order chi connectivity index (χ0) is 56.0. The number of hydroxylamine groups is 2. The summed E-state index contributed by atoms with van der Waals surface area (Å²) >= 11 is 0. The molecule has 13 heteroatoms. The van der Waals surface area contributed by atoms with Crippen molar-refractivity contribution >= 4 is 29.7 Å². The van der Waals surface area contributed by atoms with Gasteiger partial charge in [0.2, 0.25) is 5.91 Å². The molecule has 3 aromatic carbocycles. The number of ketones is 1. The van der Waals surface area contributed by atoms with Crippen LogP contribution in [0.15, 0.2) is 115 Å².